The average molecular weight is 271 g/mol. The molecule has 0 fully saturated rings. The zero-order chi connectivity index (χ0) is 13.5. The topological polar surface area (TPSA) is 37.4 Å². The van der Waals surface area contributed by atoms with Crippen molar-refractivity contribution in [1.82, 2.24) is 15.2 Å². The van der Waals surface area contributed by atoms with E-state index in [1.54, 1.807) is 18.4 Å². The number of likely N-dealkylation sites (N-methyl/N-ethyl adjacent to an activating group) is 1. The summed E-state index contributed by atoms with van der Waals surface area (Å²) in [4.78, 5) is 8.17. The first-order valence-corrected chi connectivity index (χ1v) is 7.21. The van der Waals surface area contributed by atoms with Gasteiger partial charge in [-0.3, -0.25) is 0 Å². The first-order chi connectivity index (χ1) is 8.54. The van der Waals surface area contributed by atoms with E-state index in [4.69, 9.17) is 4.74 Å². The number of hydrogen-bond acceptors (Lipinski definition) is 5. The number of aromatic nitrogens is 1. The van der Waals surface area contributed by atoms with Crippen LogP contribution >= 0.6 is 11.3 Å². The Bertz CT molecular complexity index is 354. The summed E-state index contributed by atoms with van der Waals surface area (Å²) in [6.45, 7) is 10.1. The Hall–Kier alpha value is -0.490. The summed E-state index contributed by atoms with van der Waals surface area (Å²) in [5.74, 6) is 0. The average Bonchev–Trinajstić information content (AvgIpc) is 2.65. The van der Waals surface area contributed by atoms with Gasteiger partial charge in [-0.05, 0) is 27.8 Å². The van der Waals surface area contributed by atoms with Gasteiger partial charge in [-0.15, -0.1) is 11.3 Å². The molecule has 1 rings (SSSR count). The van der Waals surface area contributed by atoms with Gasteiger partial charge >= 0.3 is 0 Å². The number of thiazole rings is 1. The van der Waals surface area contributed by atoms with Crippen molar-refractivity contribution in [2.24, 2.45) is 0 Å². The van der Waals surface area contributed by atoms with Crippen molar-refractivity contribution in [3.63, 3.8) is 0 Å². The van der Waals surface area contributed by atoms with Crippen LogP contribution in [-0.4, -0.2) is 50.3 Å². The van der Waals surface area contributed by atoms with Crippen LogP contribution in [0.1, 0.15) is 28.5 Å². The van der Waals surface area contributed by atoms with Gasteiger partial charge < -0.3 is 15.0 Å². The summed E-state index contributed by atoms with van der Waals surface area (Å²) in [7, 11) is 3.85. The molecule has 18 heavy (non-hydrogen) atoms. The van der Waals surface area contributed by atoms with Crippen LogP contribution in [0.3, 0.4) is 0 Å². The van der Waals surface area contributed by atoms with Gasteiger partial charge in [0.25, 0.3) is 0 Å². The van der Waals surface area contributed by atoms with E-state index in [2.05, 4.69) is 43.0 Å². The minimum Gasteiger partial charge on any atom is -0.383 e. The maximum absolute atomic E-state index is 5.06. The number of nitrogens with zero attached hydrogens (tertiary/aromatic N) is 2. The lowest BCUT2D eigenvalue weighted by molar-refractivity contribution is 0.161. The molecule has 0 bridgehead atoms. The van der Waals surface area contributed by atoms with Crippen LogP contribution in [0.2, 0.25) is 0 Å². The molecule has 0 radical (unpaired) electrons. The monoisotopic (exact) mass is 271 g/mol. The first-order valence-electron chi connectivity index (χ1n) is 6.39. The van der Waals surface area contributed by atoms with E-state index >= 15 is 0 Å². The molecule has 0 aliphatic carbocycles. The minimum atomic E-state index is 0.325. The summed E-state index contributed by atoms with van der Waals surface area (Å²) in [5.41, 5.74) is 1.19. The number of nitrogens with one attached hydrogen (secondary N) is 1. The number of ether oxygens (including phenoxy) is 1. The molecule has 0 saturated carbocycles. The van der Waals surface area contributed by atoms with Gasteiger partial charge in [-0.1, -0.05) is 0 Å². The molecule has 104 valence electrons. The van der Waals surface area contributed by atoms with E-state index in [1.807, 2.05) is 0 Å². The SMILES string of the molecule is COCCN(C)CCNC(C)c1nc(C)sc1C. The van der Waals surface area contributed by atoms with E-state index in [0.29, 0.717) is 6.04 Å². The molecule has 1 aromatic heterocycles. The lowest BCUT2D eigenvalue weighted by Gasteiger charge is -2.18. The van der Waals surface area contributed by atoms with Crippen molar-refractivity contribution in [2.45, 2.75) is 26.8 Å². The van der Waals surface area contributed by atoms with Crippen molar-refractivity contribution in [1.29, 1.82) is 0 Å². The van der Waals surface area contributed by atoms with Gasteiger partial charge in [0.05, 0.1) is 17.3 Å². The fourth-order valence-corrected chi connectivity index (χ4v) is 2.79. The molecular weight excluding hydrogens is 246 g/mol. The summed E-state index contributed by atoms with van der Waals surface area (Å²) >= 11 is 1.77. The van der Waals surface area contributed by atoms with E-state index in [0.717, 1.165) is 31.2 Å². The van der Waals surface area contributed by atoms with Crippen LogP contribution in [0.25, 0.3) is 0 Å². The van der Waals surface area contributed by atoms with Crippen molar-refractivity contribution in [3.8, 4) is 0 Å². The van der Waals surface area contributed by atoms with Gasteiger partial charge in [0.2, 0.25) is 0 Å². The normalized spacial score (nSPS) is 13.2. The van der Waals surface area contributed by atoms with Crippen molar-refractivity contribution >= 4 is 11.3 Å². The highest BCUT2D eigenvalue weighted by Crippen LogP contribution is 2.22. The standard InChI is InChI=1S/C13H25N3OS/c1-10(13-11(2)18-12(3)15-13)14-6-7-16(4)8-9-17-5/h10,14H,6-9H2,1-5H3. The maximum atomic E-state index is 5.06. The highest BCUT2D eigenvalue weighted by atomic mass is 32.1. The molecule has 1 N–H and O–H groups in total. The highest BCUT2D eigenvalue weighted by molar-refractivity contribution is 7.11. The molecule has 5 heteroatoms. The van der Waals surface area contributed by atoms with E-state index in [1.165, 1.54) is 10.6 Å². The lowest BCUT2D eigenvalue weighted by atomic mass is 10.2. The van der Waals surface area contributed by atoms with Crippen LogP contribution in [0, 0.1) is 13.8 Å². The van der Waals surface area contributed by atoms with Crippen molar-refractivity contribution in [2.75, 3.05) is 40.4 Å². The molecule has 1 atom stereocenters. The van der Waals surface area contributed by atoms with Crippen molar-refractivity contribution in [3.05, 3.63) is 15.6 Å². The quantitative estimate of drug-likeness (QED) is 0.784. The summed E-state index contributed by atoms with van der Waals surface area (Å²) in [6.07, 6.45) is 0. The number of methoxy groups -OCH3 is 1. The molecule has 0 aliphatic heterocycles. The molecule has 1 aromatic rings. The molecular formula is C13H25N3OS. The van der Waals surface area contributed by atoms with Crippen LogP contribution in [0.5, 0.6) is 0 Å². The minimum absolute atomic E-state index is 0.325. The second-order valence-corrected chi connectivity index (χ2v) is 6.05. The Labute approximate surface area is 114 Å². The fraction of sp³-hybridized carbons (Fsp3) is 0.769. The Balaban J connectivity index is 2.29. The van der Waals surface area contributed by atoms with Crippen molar-refractivity contribution < 1.29 is 4.74 Å². The summed E-state index contributed by atoms with van der Waals surface area (Å²) in [5, 5.41) is 4.67. The largest absolute Gasteiger partial charge is 0.383 e. The summed E-state index contributed by atoms with van der Waals surface area (Å²) in [6, 6.07) is 0.325. The predicted octanol–water partition coefficient (Wildman–Crippen LogP) is 1.99. The fourth-order valence-electron chi connectivity index (χ4n) is 1.87. The van der Waals surface area contributed by atoms with E-state index < -0.39 is 0 Å². The second-order valence-electron chi connectivity index (χ2n) is 4.65. The number of aryl methyl sites for hydroxylation is 2. The molecule has 0 amide bonds. The smallest absolute Gasteiger partial charge is 0.0900 e. The molecule has 1 unspecified atom stereocenters. The van der Waals surface area contributed by atoms with Gasteiger partial charge in [-0.25, -0.2) is 4.98 Å². The predicted molar refractivity (Wildman–Crippen MR) is 77.4 cm³/mol. The van der Waals surface area contributed by atoms with Gasteiger partial charge in [-0.2, -0.15) is 0 Å². The Morgan fingerprint density at radius 2 is 2.11 bits per heavy atom. The molecule has 4 nitrogen and oxygen atoms in total. The zero-order valence-electron chi connectivity index (χ0n) is 12.1. The zero-order valence-corrected chi connectivity index (χ0v) is 12.9. The second kappa shape index (κ2) is 7.84. The molecule has 1 heterocycles. The van der Waals surface area contributed by atoms with Crippen LogP contribution in [0.4, 0.5) is 0 Å². The number of rotatable bonds is 8. The highest BCUT2D eigenvalue weighted by Gasteiger charge is 2.12. The van der Waals surface area contributed by atoms with Crippen LogP contribution in [0.15, 0.2) is 0 Å². The third-order valence-electron chi connectivity index (χ3n) is 2.97. The third kappa shape index (κ3) is 5.02. The molecule has 0 aromatic carbocycles. The lowest BCUT2D eigenvalue weighted by Crippen LogP contribution is -2.32. The molecule has 0 aliphatic rings. The van der Waals surface area contributed by atoms with Gasteiger partial charge in [0.1, 0.15) is 0 Å². The maximum Gasteiger partial charge on any atom is 0.0900 e. The van der Waals surface area contributed by atoms with E-state index in [9.17, 15) is 0 Å². The summed E-state index contributed by atoms with van der Waals surface area (Å²) < 4.78 is 5.06. The Kier molecular flexibility index (Phi) is 6.78. The van der Waals surface area contributed by atoms with Gasteiger partial charge in [0, 0.05) is 37.7 Å². The van der Waals surface area contributed by atoms with E-state index in [-0.39, 0.29) is 0 Å². The molecule has 0 saturated heterocycles. The Morgan fingerprint density at radius 3 is 2.67 bits per heavy atom. The number of hydrogen-bond donors (Lipinski definition) is 1. The van der Waals surface area contributed by atoms with Gasteiger partial charge in [0.15, 0.2) is 0 Å². The van der Waals surface area contributed by atoms with Crippen LogP contribution in [-0.2, 0) is 4.74 Å². The first kappa shape index (κ1) is 15.6. The van der Waals surface area contributed by atoms with Crippen LogP contribution < -0.4 is 5.32 Å². The Morgan fingerprint density at radius 1 is 1.39 bits per heavy atom. The molecule has 0 spiro atoms. The third-order valence-corrected chi connectivity index (χ3v) is 3.87.